The molecule has 0 heterocycles. The van der Waals surface area contributed by atoms with Crippen molar-refractivity contribution in [2.45, 2.75) is 13.8 Å². The van der Waals surface area contributed by atoms with Gasteiger partial charge in [0.2, 0.25) is 0 Å². The normalized spacial score (nSPS) is 15.2. The quantitative estimate of drug-likeness (QED) is 0.407. The highest BCUT2D eigenvalue weighted by Gasteiger charge is 2.02. The fourth-order valence-electron chi connectivity index (χ4n) is 0.741. The van der Waals surface area contributed by atoms with E-state index in [0.717, 1.165) is 0 Å². The SMILES string of the molecule is CNC(=C(/C)N)/C(N)=C(\C)N. The Morgan fingerprint density at radius 1 is 1.00 bits per heavy atom. The second kappa shape index (κ2) is 3.75. The second-order valence-corrected chi connectivity index (χ2v) is 2.40. The first kappa shape index (κ1) is 9.68. The minimum Gasteiger partial charge on any atom is -0.401 e. The minimum atomic E-state index is 0.507. The zero-order chi connectivity index (χ0) is 9.02. The molecule has 0 unspecified atom stereocenters. The van der Waals surface area contributed by atoms with Gasteiger partial charge in [0.1, 0.15) is 0 Å². The van der Waals surface area contributed by atoms with E-state index in [1.165, 1.54) is 0 Å². The Labute approximate surface area is 67.1 Å². The summed E-state index contributed by atoms with van der Waals surface area (Å²) in [5.74, 6) is 0. The molecule has 64 valence electrons. The van der Waals surface area contributed by atoms with Crippen molar-refractivity contribution in [3.05, 3.63) is 22.8 Å². The summed E-state index contributed by atoms with van der Waals surface area (Å²) in [6, 6.07) is 0. The van der Waals surface area contributed by atoms with Crippen LogP contribution in [0.15, 0.2) is 22.8 Å². The summed E-state index contributed by atoms with van der Waals surface area (Å²) < 4.78 is 0. The standard InChI is InChI=1S/C7H16N4/c1-4(8)6(10)7(11-3)5(2)9/h11H,8-10H2,1-3H3/b6-4-,7-5-. The van der Waals surface area contributed by atoms with Crippen molar-refractivity contribution in [3.63, 3.8) is 0 Å². The summed E-state index contributed by atoms with van der Waals surface area (Å²) in [5, 5.41) is 2.87. The highest BCUT2D eigenvalue weighted by molar-refractivity contribution is 5.31. The van der Waals surface area contributed by atoms with Gasteiger partial charge in [-0.25, -0.2) is 0 Å². The molecule has 0 amide bonds. The van der Waals surface area contributed by atoms with Gasteiger partial charge in [-0.1, -0.05) is 0 Å². The van der Waals surface area contributed by atoms with Crippen molar-refractivity contribution >= 4 is 0 Å². The van der Waals surface area contributed by atoms with Crippen LogP contribution in [0.1, 0.15) is 13.8 Å². The minimum absolute atomic E-state index is 0.507. The first-order valence-corrected chi connectivity index (χ1v) is 3.37. The molecule has 0 radical (unpaired) electrons. The smallest absolute Gasteiger partial charge is 0.0776 e. The van der Waals surface area contributed by atoms with Crippen LogP contribution in [-0.4, -0.2) is 7.05 Å². The van der Waals surface area contributed by atoms with E-state index in [-0.39, 0.29) is 0 Å². The van der Waals surface area contributed by atoms with Gasteiger partial charge in [0.15, 0.2) is 0 Å². The van der Waals surface area contributed by atoms with E-state index < -0.39 is 0 Å². The Morgan fingerprint density at radius 2 is 1.45 bits per heavy atom. The zero-order valence-electron chi connectivity index (χ0n) is 7.23. The van der Waals surface area contributed by atoms with Crippen LogP contribution in [0.4, 0.5) is 0 Å². The molecule has 0 aromatic heterocycles. The van der Waals surface area contributed by atoms with Gasteiger partial charge in [-0.15, -0.1) is 0 Å². The zero-order valence-corrected chi connectivity index (χ0v) is 7.23. The first-order chi connectivity index (χ1) is 5.00. The summed E-state index contributed by atoms with van der Waals surface area (Å²) >= 11 is 0. The molecule has 0 saturated carbocycles. The van der Waals surface area contributed by atoms with Gasteiger partial charge in [0.05, 0.1) is 11.4 Å². The van der Waals surface area contributed by atoms with Crippen molar-refractivity contribution in [2.75, 3.05) is 7.05 Å². The fourth-order valence-corrected chi connectivity index (χ4v) is 0.741. The molecule has 0 aliphatic heterocycles. The van der Waals surface area contributed by atoms with Crippen LogP contribution in [0.2, 0.25) is 0 Å². The second-order valence-electron chi connectivity index (χ2n) is 2.40. The topological polar surface area (TPSA) is 90.1 Å². The van der Waals surface area contributed by atoms with Crippen LogP contribution in [0.25, 0.3) is 0 Å². The first-order valence-electron chi connectivity index (χ1n) is 3.37. The third-order valence-electron chi connectivity index (χ3n) is 1.34. The lowest BCUT2D eigenvalue weighted by molar-refractivity contribution is 0.934. The van der Waals surface area contributed by atoms with E-state index in [9.17, 15) is 0 Å². The van der Waals surface area contributed by atoms with Crippen molar-refractivity contribution in [3.8, 4) is 0 Å². The van der Waals surface area contributed by atoms with Gasteiger partial charge in [-0.3, -0.25) is 0 Å². The average Bonchev–Trinajstić information content (AvgIpc) is 1.88. The Kier molecular flexibility index (Phi) is 3.30. The maximum Gasteiger partial charge on any atom is 0.0776 e. The van der Waals surface area contributed by atoms with Crippen molar-refractivity contribution in [2.24, 2.45) is 17.2 Å². The van der Waals surface area contributed by atoms with Crippen molar-refractivity contribution < 1.29 is 0 Å². The molecule has 0 aromatic rings. The molecule has 0 atom stereocenters. The summed E-state index contributed by atoms with van der Waals surface area (Å²) in [6.07, 6.45) is 0. The van der Waals surface area contributed by atoms with Gasteiger partial charge < -0.3 is 22.5 Å². The summed E-state index contributed by atoms with van der Waals surface area (Å²) in [6.45, 7) is 3.50. The molecule has 0 fully saturated rings. The number of hydrogen-bond acceptors (Lipinski definition) is 4. The van der Waals surface area contributed by atoms with Gasteiger partial charge in [0.25, 0.3) is 0 Å². The van der Waals surface area contributed by atoms with Crippen LogP contribution >= 0.6 is 0 Å². The Bertz CT molecular complexity index is 194. The maximum absolute atomic E-state index is 5.63. The fraction of sp³-hybridized carbons (Fsp3) is 0.429. The predicted octanol–water partition coefficient (Wildman–Crippen LogP) is -0.455. The van der Waals surface area contributed by atoms with Gasteiger partial charge in [-0.05, 0) is 13.8 Å². The highest BCUT2D eigenvalue weighted by Crippen LogP contribution is 2.04. The molecule has 0 aromatic carbocycles. The lowest BCUT2D eigenvalue weighted by Crippen LogP contribution is -2.21. The predicted molar refractivity (Wildman–Crippen MR) is 47.0 cm³/mol. The van der Waals surface area contributed by atoms with E-state index >= 15 is 0 Å². The van der Waals surface area contributed by atoms with Gasteiger partial charge in [0, 0.05) is 18.4 Å². The van der Waals surface area contributed by atoms with Crippen LogP contribution in [0.3, 0.4) is 0 Å². The molecule has 4 heteroatoms. The lowest BCUT2D eigenvalue weighted by atomic mass is 10.2. The molecule has 0 rings (SSSR count). The highest BCUT2D eigenvalue weighted by atomic mass is 14.9. The molecule has 0 aliphatic carbocycles. The average molecular weight is 156 g/mol. The number of likely N-dealkylation sites (N-methyl/N-ethyl adjacent to an activating group) is 1. The van der Waals surface area contributed by atoms with E-state index in [2.05, 4.69) is 5.32 Å². The summed E-state index contributed by atoms with van der Waals surface area (Å²) in [7, 11) is 1.75. The molecular formula is C7H16N4. The summed E-state index contributed by atoms with van der Waals surface area (Å²) in [4.78, 5) is 0. The molecule has 0 saturated heterocycles. The van der Waals surface area contributed by atoms with E-state index in [0.29, 0.717) is 22.8 Å². The molecule has 0 bridgehead atoms. The summed E-state index contributed by atoms with van der Waals surface area (Å²) in [5.41, 5.74) is 19.0. The Balaban J connectivity index is 4.84. The number of hydrogen-bond donors (Lipinski definition) is 4. The largest absolute Gasteiger partial charge is 0.401 e. The Morgan fingerprint density at radius 3 is 1.55 bits per heavy atom. The van der Waals surface area contributed by atoms with Crippen LogP contribution in [0, 0.1) is 0 Å². The van der Waals surface area contributed by atoms with Crippen molar-refractivity contribution in [1.29, 1.82) is 0 Å². The number of nitrogens with one attached hydrogen (secondary N) is 1. The van der Waals surface area contributed by atoms with Crippen molar-refractivity contribution in [1.82, 2.24) is 5.32 Å². The van der Waals surface area contributed by atoms with E-state index in [1.807, 2.05) is 0 Å². The molecule has 4 nitrogen and oxygen atoms in total. The maximum atomic E-state index is 5.63. The van der Waals surface area contributed by atoms with Crippen LogP contribution in [0.5, 0.6) is 0 Å². The van der Waals surface area contributed by atoms with Crippen LogP contribution in [-0.2, 0) is 0 Å². The molecule has 0 aliphatic rings. The molecule has 0 spiro atoms. The Hall–Kier alpha value is -1.32. The molecular weight excluding hydrogens is 140 g/mol. The monoisotopic (exact) mass is 156 g/mol. The lowest BCUT2D eigenvalue weighted by Gasteiger charge is -2.10. The number of allylic oxidation sites excluding steroid dienone is 2. The third kappa shape index (κ3) is 2.41. The van der Waals surface area contributed by atoms with Crippen LogP contribution < -0.4 is 22.5 Å². The third-order valence-corrected chi connectivity index (χ3v) is 1.34. The van der Waals surface area contributed by atoms with Gasteiger partial charge >= 0.3 is 0 Å². The van der Waals surface area contributed by atoms with E-state index in [1.54, 1.807) is 20.9 Å². The number of rotatable bonds is 2. The van der Waals surface area contributed by atoms with E-state index in [4.69, 9.17) is 17.2 Å². The molecule has 11 heavy (non-hydrogen) atoms. The van der Waals surface area contributed by atoms with Gasteiger partial charge in [-0.2, -0.15) is 0 Å². The number of nitrogens with two attached hydrogens (primary N) is 3. The molecule has 7 N–H and O–H groups in total.